The van der Waals surface area contributed by atoms with E-state index < -0.39 is 17.6 Å². The number of hydrogen-bond donors (Lipinski definition) is 2. The maximum Gasteiger partial charge on any atom is 0.419 e. The molecule has 0 aliphatic rings. The largest absolute Gasteiger partial charge is 0.419 e. The van der Waals surface area contributed by atoms with Gasteiger partial charge in [0.15, 0.2) is 11.3 Å². The molecular weight excluding hydrogens is 414 g/mol. The van der Waals surface area contributed by atoms with E-state index in [4.69, 9.17) is 4.42 Å². The Kier molecular flexibility index (Phi) is 5.84. The van der Waals surface area contributed by atoms with Crippen LogP contribution in [0.3, 0.4) is 0 Å². The smallest absolute Gasteiger partial charge is 0.408 e. The van der Waals surface area contributed by atoms with Gasteiger partial charge in [0.1, 0.15) is 0 Å². The van der Waals surface area contributed by atoms with Gasteiger partial charge in [-0.15, -0.1) is 0 Å². The van der Waals surface area contributed by atoms with Gasteiger partial charge >= 0.3 is 5.76 Å². The van der Waals surface area contributed by atoms with E-state index in [2.05, 4.69) is 16.0 Å². The Morgan fingerprint density at radius 1 is 1.00 bits per heavy atom. The minimum atomic E-state index is -0.631. The number of carbonyl (C=O) groups is 2. The van der Waals surface area contributed by atoms with Gasteiger partial charge < -0.3 is 4.42 Å². The first-order chi connectivity index (χ1) is 15.5. The number of rotatable bonds is 6. The van der Waals surface area contributed by atoms with Crippen molar-refractivity contribution >= 4 is 33.7 Å². The summed E-state index contributed by atoms with van der Waals surface area (Å²) in [7, 11) is 0. The van der Waals surface area contributed by atoms with Crippen LogP contribution in [0.1, 0.15) is 30.3 Å². The monoisotopic (exact) mass is 435 g/mol. The lowest BCUT2D eigenvalue weighted by molar-refractivity contribution is -0.122. The number of carbonyl (C=O) groups excluding carboxylic acids is 2. The maximum absolute atomic E-state index is 12.6. The first-order valence-corrected chi connectivity index (χ1v) is 10.2. The Bertz CT molecular complexity index is 1430. The Hall–Kier alpha value is -4.21. The van der Waals surface area contributed by atoms with Gasteiger partial charge in [-0.05, 0) is 31.5 Å². The number of nitrogens with zero attached hydrogens (tertiary/aromatic N) is 3. The summed E-state index contributed by atoms with van der Waals surface area (Å²) in [6, 6.07) is 13.7. The van der Waals surface area contributed by atoms with Gasteiger partial charge in [-0.25, -0.2) is 9.48 Å². The van der Waals surface area contributed by atoms with Crippen molar-refractivity contribution in [1.82, 2.24) is 25.2 Å². The molecule has 0 unspecified atom stereocenters. The Morgan fingerprint density at radius 2 is 1.72 bits per heavy atom. The van der Waals surface area contributed by atoms with Crippen molar-refractivity contribution in [1.29, 1.82) is 0 Å². The molecule has 0 saturated carbocycles. The zero-order chi connectivity index (χ0) is 22.7. The van der Waals surface area contributed by atoms with E-state index in [1.54, 1.807) is 55.5 Å². The highest BCUT2D eigenvalue weighted by Gasteiger charge is 2.17. The quantitative estimate of drug-likeness (QED) is 0.443. The van der Waals surface area contributed by atoms with Gasteiger partial charge in [0, 0.05) is 24.9 Å². The van der Waals surface area contributed by atoms with Gasteiger partial charge in [-0.2, -0.15) is 5.10 Å². The zero-order valence-corrected chi connectivity index (χ0v) is 17.3. The van der Waals surface area contributed by atoms with Gasteiger partial charge in [-0.3, -0.25) is 29.8 Å². The van der Waals surface area contributed by atoms with Gasteiger partial charge in [0.25, 0.3) is 11.5 Å². The van der Waals surface area contributed by atoms with Crippen LogP contribution in [0.2, 0.25) is 0 Å². The summed E-state index contributed by atoms with van der Waals surface area (Å²) in [5, 5.41) is 4.90. The molecule has 4 aromatic rings. The lowest BCUT2D eigenvalue weighted by Gasteiger charge is -2.11. The third-order valence-electron chi connectivity index (χ3n) is 5.06. The summed E-state index contributed by atoms with van der Waals surface area (Å²) < 4.78 is 7.83. The summed E-state index contributed by atoms with van der Waals surface area (Å²) in [5.74, 6) is -1.54. The molecule has 0 fully saturated rings. The van der Waals surface area contributed by atoms with Crippen LogP contribution < -0.4 is 22.2 Å². The number of para-hydroxylation sites is 2. The van der Waals surface area contributed by atoms with Crippen LogP contribution in [-0.4, -0.2) is 26.2 Å². The molecule has 0 aliphatic heterocycles. The van der Waals surface area contributed by atoms with E-state index in [1.807, 2.05) is 0 Å². The first-order valence-electron chi connectivity index (χ1n) is 10.2. The average molecular weight is 435 g/mol. The lowest BCUT2D eigenvalue weighted by Crippen LogP contribution is -2.42. The van der Waals surface area contributed by atoms with Gasteiger partial charge in [0.2, 0.25) is 5.91 Å². The topological polar surface area (TPSA) is 128 Å². The number of benzene rings is 2. The molecule has 0 aliphatic carbocycles. The van der Waals surface area contributed by atoms with Crippen molar-refractivity contribution < 1.29 is 14.0 Å². The molecule has 2 heterocycles. The standard InChI is InChI=1S/C22H21N5O5/c1-2-27-21(30)15-9-4-3-8-14(15)19(25-27)20(29)24-23-18(28)12-7-13-26-16-10-5-6-11-17(16)32-22(26)31/h3-6,8-11H,2,7,12-13H2,1H3,(H,23,28)(H,24,29). The fourth-order valence-electron chi connectivity index (χ4n) is 3.49. The maximum atomic E-state index is 12.6. The Labute approximate surface area is 181 Å². The summed E-state index contributed by atoms with van der Waals surface area (Å²) in [5.41, 5.74) is 5.60. The van der Waals surface area contributed by atoms with Crippen LogP contribution >= 0.6 is 0 Å². The average Bonchev–Trinajstić information content (AvgIpc) is 3.13. The van der Waals surface area contributed by atoms with Crippen molar-refractivity contribution in [3.05, 3.63) is 75.1 Å². The van der Waals surface area contributed by atoms with Crippen molar-refractivity contribution in [3.63, 3.8) is 0 Å². The molecule has 2 N–H and O–H groups in total. The molecule has 0 spiro atoms. The van der Waals surface area contributed by atoms with E-state index in [-0.39, 0.29) is 17.7 Å². The first kappa shape index (κ1) is 21.0. The molecule has 2 aromatic heterocycles. The number of amides is 2. The number of fused-ring (bicyclic) bond motifs is 2. The van der Waals surface area contributed by atoms with Gasteiger partial charge in [0.05, 0.1) is 10.9 Å². The highest BCUT2D eigenvalue weighted by atomic mass is 16.4. The minimum absolute atomic E-state index is 0.0405. The minimum Gasteiger partial charge on any atom is -0.408 e. The molecule has 0 atom stereocenters. The Balaban J connectivity index is 1.39. The highest BCUT2D eigenvalue weighted by molar-refractivity contribution is 6.05. The molecule has 2 aromatic carbocycles. The van der Waals surface area contributed by atoms with Crippen LogP contribution in [0, 0.1) is 0 Å². The summed E-state index contributed by atoms with van der Waals surface area (Å²) in [4.78, 5) is 49.2. The molecule has 0 radical (unpaired) electrons. The molecule has 0 bridgehead atoms. The van der Waals surface area contributed by atoms with Crippen LogP contribution in [0.25, 0.3) is 21.9 Å². The van der Waals surface area contributed by atoms with E-state index in [0.29, 0.717) is 41.4 Å². The fraction of sp³-hybridized carbons (Fsp3) is 0.227. The number of oxazole rings is 1. The van der Waals surface area contributed by atoms with Gasteiger partial charge in [-0.1, -0.05) is 30.3 Å². The van der Waals surface area contributed by atoms with Crippen molar-refractivity contribution in [2.24, 2.45) is 0 Å². The molecule has 32 heavy (non-hydrogen) atoms. The Morgan fingerprint density at radius 3 is 2.50 bits per heavy atom. The SMILES string of the molecule is CCn1nc(C(=O)NNC(=O)CCCn2c(=O)oc3ccccc32)c2ccccc2c1=O. The number of hydrogen-bond acceptors (Lipinski definition) is 6. The molecule has 10 heteroatoms. The molecule has 0 saturated heterocycles. The van der Waals surface area contributed by atoms with Crippen LogP contribution in [0.5, 0.6) is 0 Å². The summed E-state index contributed by atoms with van der Waals surface area (Å²) >= 11 is 0. The number of aryl methyl sites for hydroxylation is 2. The lowest BCUT2D eigenvalue weighted by atomic mass is 10.1. The predicted molar refractivity (Wildman–Crippen MR) is 117 cm³/mol. The molecular formula is C22H21N5O5. The number of nitrogens with one attached hydrogen (secondary N) is 2. The second kappa shape index (κ2) is 8.88. The summed E-state index contributed by atoms with van der Waals surface area (Å²) in [6.07, 6.45) is 0.446. The zero-order valence-electron chi connectivity index (χ0n) is 17.3. The second-order valence-corrected chi connectivity index (χ2v) is 7.11. The molecule has 164 valence electrons. The number of hydrazine groups is 1. The molecule has 10 nitrogen and oxygen atoms in total. The third-order valence-corrected chi connectivity index (χ3v) is 5.06. The van der Waals surface area contributed by atoms with E-state index in [0.717, 1.165) is 0 Å². The second-order valence-electron chi connectivity index (χ2n) is 7.11. The third kappa shape index (κ3) is 4.02. The van der Waals surface area contributed by atoms with Crippen LogP contribution in [0.4, 0.5) is 0 Å². The van der Waals surface area contributed by atoms with E-state index >= 15 is 0 Å². The predicted octanol–water partition coefficient (Wildman–Crippen LogP) is 1.57. The van der Waals surface area contributed by atoms with Crippen molar-refractivity contribution in [3.8, 4) is 0 Å². The van der Waals surface area contributed by atoms with Crippen molar-refractivity contribution in [2.75, 3.05) is 0 Å². The number of aromatic nitrogens is 3. The fourth-order valence-corrected chi connectivity index (χ4v) is 3.49. The van der Waals surface area contributed by atoms with E-state index in [9.17, 15) is 19.2 Å². The molecule has 2 amide bonds. The van der Waals surface area contributed by atoms with Crippen LogP contribution in [0.15, 0.2) is 62.5 Å². The highest BCUT2D eigenvalue weighted by Crippen LogP contribution is 2.14. The summed E-state index contributed by atoms with van der Waals surface area (Å²) in [6.45, 7) is 2.35. The van der Waals surface area contributed by atoms with E-state index in [1.165, 1.54) is 9.25 Å². The van der Waals surface area contributed by atoms with Crippen LogP contribution in [-0.2, 0) is 17.9 Å². The molecule has 4 rings (SSSR count). The van der Waals surface area contributed by atoms with Crippen molar-refractivity contribution in [2.45, 2.75) is 32.9 Å². The normalized spacial score (nSPS) is 11.0.